The molecule has 8 heteroatoms. The van der Waals surface area contributed by atoms with Crippen molar-refractivity contribution in [2.75, 3.05) is 18.4 Å². The first-order valence-corrected chi connectivity index (χ1v) is 13.6. The van der Waals surface area contributed by atoms with E-state index in [1.807, 2.05) is 44.3 Å². The first kappa shape index (κ1) is 27.3. The fourth-order valence-corrected chi connectivity index (χ4v) is 5.43. The number of nitrogens with zero attached hydrogens (tertiary/aromatic N) is 2. The number of piperidine rings is 1. The first-order valence-electron chi connectivity index (χ1n) is 13.2. The minimum absolute atomic E-state index is 0.00699. The average molecular weight is 554 g/mol. The summed E-state index contributed by atoms with van der Waals surface area (Å²) >= 11 is 6.28. The predicted molar refractivity (Wildman–Crippen MR) is 150 cm³/mol. The molecule has 0 radical (unpaired) electrons. The molecule has 204 valence electrons. The van der Waals surface area contributed by atoms with Crippen molar-refractivity contribution >= 4 is 34.1 Å². The number of amides is 1. The van der Waals surface area contributed by atoms with Gasteiger partial charge in [-0.3, -0.25) is 9.69 Å². The molecule has 1 amide bonds. The van der Waals surface area contributed by atoms with Gasteiger partial charge >= 0.3 is 6.18 Å². The van der Waals surface area contributed by atoms with E-state index < -0.39 is 11.7 Å². The quantitative estimate of drug-likeness (QED) is 0.261. The van der Waals surface area contributed by atoms with Crippen LogP contribution in [0.15, 0.2) is 72.9 Å². The number of carbonyl (C=O) groups is 1. The van der Waals surface area contributed by atoms with Gasteiger partial charge in [-0.25, -0.2) is 0 Å². The summed E-state index contributed by atoms with van der Waals surface area (Å²) in [5, 5.41) is 4.50. The van der Waals surface area contributed by atoms with Gasteiger partial charge in [0.1, 0.15) is 0 Å². The third kappa shape index (κ3) is 6.15. The van der Waals surface area contributed by atoms with Crippen LogP contribution in [0.3, 0.4) is 0 Å². The van der Waals surface area contributed by atoms with E-state index in [9.17, 15) is 18.0 Å². The minimum atomic E-state index is -4.41. The van der Waals surface area contributed by atoms with Crippen molar-refractivity contribution in [1.82, 2.24) is 9.47 Å². The third-order valence-electron chi connectivity index (χ3n) is 7.43. The Balaban J connectivity index is 1.33. The molecule has 0 atom stereocenters. The zero-order valence-corrected chi connectivity index (χ0v) is 22.7. The standard InChI is InChI=1S/C31H31ClF3N3O/c1-20(2)30(39)36-26-7-3-5-22(15-26)21-11-13-37(14-12-21)18-23-19-38(29-17-25(32)9-10-28(23)29)27-8-4-6-24(16-27)31(33,34)35/h3-10,15-17,19-21H,11-14,18H2,1-2H3,(H,36,39). The minimum Gasteiger partial charge on any atom is -0.326 e. The number of anilines is 1. The molecule has 5 rings (SSSR count). The monoisotopic (exact) mass is 553 g/mol. The average Bonchev–Trinajstić information content (AvgIpc) is 3.26. The van der Waals surface area contributed by atoms with Gasteiger partial charge in [-0.05, 0) is 85.4 Å². The Bertz CT molecular complexity index is 1490. The molecule has 1 aliphatic rings. The topological polar surface area (TPSA) is 37.3 Å². The first-order chi connectivity index (χ1) is 18.6. The number of hydrogen-bond acceptors (Lipinski definition) is 2. The van der Waals surface area contributed by atoms with Crippen LogP contribution in [-0.2, 0) is 17.5 Å². The second-order valence-corrected chi connectivity index (χ2v) is 11.0. The van der Waals surface area contributed by atoms with E-state index in [2.05, 4.69) is 22.3 Å². The zero-order valence-electron chi connectivity index (χ0n) is 21.9. The van der Waals surface area contributed by atoms with Crippen LogP contribution >= 0.6 is 11.6 Å². The molecule has 0 unspecified atom stereocenters. The van der Waals surface area contributed by atoms with Gasteiger partial charge in [-0.2, -0.15) is 13.2 Å². The fourth-order valence-electron chi connectivity index (χ4n) is 5.26. The molecule has 4 nitrogen and oxygen atoms in total. The molecule has 1 N–H and O–H groups in total. The van der Waals surface area contributed by atoms with Gasteiger partial charge in [0, 0.05) is 40.4 Å². The highest BCUT2D eigenvalue weighted by Gasteiger charge is 2.31. The fraction of sp³-hybridized carbons (Fsp3) is 0.323. The lowest BCUT2D eigenvalue weighted by atomic mass is 9.89. The van der Waals surface area contributed by atoms with Crippen molar-refractivity contribution in [2.24, 2.45) is 5.92 Å². The van der Waals surface area contributed by atoms with E-state index in [-0.39, 0.29) is 11.8 Å². The zero-order chi connectivity index (χ0) is 27.7. The number of fused-ring (bicyclic) bond motifs is 1. The lowest BCUT2D eigenvalue weighted by molar-refractivity contribution is -0.137. The number of benzene rings is 3. The van der Waals surface area contributed by atoms with Gasteiger partial charge in [0.05, 0.1) is 11.1 Å². The van der Waals surface area contributed by atoms with E-state index in [1.54, 1.807) is 16.7 Å². The molecule has 1 saturated heterocycles. The molecule has 1 aromatic heterocycles. The third-order valence-corrected chi connectivity index (χ3v) is 7.67. The Morgan fingerprint density at radius 3 is 2.49 bits per heavy atom. The highest BCUT2D eigenvalue weighted by Crippen LogP contribution is 2.35. The molecule has 0 spiro atoms. The van der Waals surface area contributed by atoms with E-state index in [0.717, 1.165) is 54.2 Å². The molecule has 3 aromatic carbocycles. The lowest BCUT2D eigenvalue weighted by Gasteiger charge is -2.32. The number of alkyl halides is 3. The van der Waals surface area contributed by atoms with Gasteiger partial charge in [0.15, 0.2) is 0 Å². The number of hydrogen-bond donors (Lipinski definition) is 1. The Morgan fingerprint density at radius 2 is 1.77 bits per heavy atom. The van der Waals surface area contributed by atoms with E-state index in [1.165, 1.54) is 17.7 Å². The van der Waals surface area contributed by atoms with Gasteiger partial charge in [0.25, 0.3) is 0 Å². The maximum absolute atomic E-state index is 13.4. The highest BCUT2D eigenvalue weighted by molar-refractivity contribution is 6.31. The molecule has 0 bridgehead atoms. The molecular weight excluding hydrogens is 523 g/mol. The van der Waals surface area contributed by atoms with Crippen LogP contribution in [-0.4, -0.2) is 28.5 Å². The van der Waals surface area contributed by atoms with Crippen molar-refractivity contribution in [1.29, 1.82) is 0 Å². The Hall–Kier alpha value is -3.29. The molecule has 1 fully saturated rings. The van der Waals surface area contributed by atoms with Crippen LogP contribution in [0.2, 0.25) is 5.02 Å². The van der Waals surface area contributed by atoms with E-state index in [0.29, 0.717) is 23.2 Å². The van der Waals surface area contributed by atoms with Gasteiger partial charge in [-0.15, -0.1) is 0 Å². The van der Waals surface area contributed by atoms with E-state index in [4.69, 9.17) is 11.6 Å². The Labute approximate surface area is 231 Å². The molecule has 0 saturated carbocycles. The summed E-state index contributed by atoms with van der Waals surface area (Å²) in [7, 11) is 0. The van der Waals surface area contributed by atoms with Crippen LogP contribution in [0.4, 0.5) is 18.9 Å². The number of nitrogens with one attached hydrogen (secondary N) is 1. The molecular formula is C31H31ClF3N3O. The van der Waals surface area contributed by atoms with Crippen molar-refractivity contribution in [3.05, 3.63) is 94.6 Å². The summed E-state index contributed by atoms with van der Waals surface area (Å²) < 4.78 is 42.0. The second kappa shape index (κ2) is 11.1. The van der Waals surface area contributed by atoms with Crippen LogP contribution in [0.25, 0.3) is 16.6 Å². The number of aromatic nitrogens is 1. The predicted octanol–water partition coefficient (Wildman–Crippen LogP) is 8.28. The maximum Gasteiger partial charge on any atom is 0.416 e. The largest absolute Gasteiger partial charge is 0.416 e. The molecule has 2 heterocycles. The SMILES string of the molecule is CC(C)C(=O)Nc1cccc(C2CCN(Cc3cn(-c4cccc(C(F)(F)F)c4)c4cc(Cl)ccc34)CC2)c1. The summed E-state index contributed by atoms with van der Waals surface area (Å²) in [5.74, 6) is 0.336. The Morgan fingerprint density at radius 1 is 1.03 bits per heavy atom. The smallest absolute Gasteiger partial charge is 0.326 e. The van der Waals surface area contributed by atoms with Crippen molar-refractivity contribution < 1.29 is 18.0 Å². The number of rotatable bonds is 6. The summed E-state index contributed by atoms with van der Waals surface area (Å²) in [5.41, 5.74) is 3.66. The van der Waals surface area contributed by atoms with Gasteiger partial charge < -0.3 is 9.88 Å². The Kier molecular flexibility index (Phi) is 7.74. The summed E-state index contributed by atoms with van der Waals surface area (Å²) in [4.78, 5) is 14.5. The van der Waals surface area contributed by atoms with Crippen LogP contribution in [0.1, 0.15) is 49.3 Å². The van der Waals surface area contributed by atoms with E-state index >= 15 is 0 Å². The normalized spacial score (nSPS) is 15.3. The number of carbonyl (C=O) groups excluding carboxylic acids is 1. The summed E-state index contributed by atoms with van der Waals surface area (Å²) in [6.45, 7) is 6.25. The highest BCUT2D eigenvalue weighted by atomic mass is 35.5. The molecule has 39 heavy (non-hydrogen) atoms. The van der Waals surface area contributed by atoms with Crippen molar-refractivity contribution in [3.63, 3.8) is 0 Å². The molecule has 4 aromatic rings. The number of halogens is 4. The molecule has 0 aliphatic carbocycles. The lowest BCUT2D eigenvalue weighted by Crippen LogP contribution is -2.32. The summed E-state index contributed by atoms with van der Waals surface area (Å²) in [6, 6.07) is 19.1. The van der Waals surface area contributed by atoms with Crippen molar-refractivity contribution in [2.45, 2.75) is 45.3 Å². The number of likely N-dealkylation sites (tertiary alicyclic amines) is 1. The van der Waals surface area contributed by atoms with Crippen LogP contribution in [0.5, 0.6) is 0 Å². The van der Waals surface area contributed by atoms with Gasteiger partial charge in [0.2, 0.25) is 5.91 Å². The second-order valence-electron chi connectivity index (χ2n) is 10.6. The molecule has 1 aliphatic heterocycles. The van der Waals surface area contributed by atoms with Crippen LogP contribution < -0.4 is 5.32 Å². The maximum atomic E-state index is 13.4. The van der Waals surface area contributed by atoms with Crippen molar-refractivity contribution in [3.8, 4) is 5.69 Å². The summed E-state index contributed by atoms with van der Waals surface area (Å²) in [6.07, 6.45) is -0.508. The van der Waals surface area contributed by atoms with Gasteiger partial charge in [-0.1, -0.05) is 49.7 Å². The van der Waals surface area contributed by atoms with Crippen LogP contribution in [0, 0.1) is 5.92 Å².